The molecular formula is C23H25N5O3. The summed E-state index contributed by atoms with van der Waals surface area (Å²) < 4.78 is 12.5. The van der Waals surface area contributed by atoms with Gasteiger partial charge in [-0.2, -0.15) is 5.10 Å². The van der Waals surface area contributed by atoms with Gasteiger partial charge in [0.2, 0.25) is 0 Å². The van der Waals surface area contributed by atoms with Gasteiger partial charge in [0, 0.05) is 31.4 Å². The molecule has 8 nitrogen and oxygen atoms in total. The number of nitrogens with zero attached hydrogens (tertiary/aromatic N) is 4. The van der Waals surface area contributed by atoms with E-state index in [1.807, 2.05) is 43.6 Å². The summed E-state index contributed by atoms with van der Waals surface area (Å²) in [6.45, 7) is 0.282. The molecule has 1 unspecified atom stereocenters. The van der Waals surface area contributed by atoms with Crippen molar-refractivity contribution in [3.8, 4) is 22.8 Å². The Morgan fingerprint density at radius 1 is 1.00 bits per heavy atom. The zero-order chi connectivity index (χ0) is 22.0. The second-order valence-corrected chi connectivity index (χ2v) is 7.35. The lowest BCUT2D eigenvalue weighted by molar-refractivity contribution is 0.0819. The highest BCUT2D eigenvalue weighted by molar-refractivity contribution is 5.78. The van der Waals surface area contributed by atoms with Gasteiger partial charge in [-0.05, 0) is 42.4 Å². The third kappa shape index (κ3) is 3.95. The van der Waals surface area contributed by atoms with Crippen LogP contribution >= 0.6 is 0 Å². The van der Waals surface area contributed by atoms with Crippen molar-refractivity contribution in [1.82, 2.24) is 25.1 Å². The van der Waals surface area contributed by atoms with Crippen LogP contribution in [-0.2, 0) is 12.6 Å². The Morgan fingerprint density at radius 2 is 1.74 bits per heavy atom. The highest BCUT2D eigenvalue weighted by atomic mass is 16.5. The third-order valence-electron chi connectivity index (χ3n) is 5.28. The summed E-state index contributed by atoms with van der Waals surface area (Å²) in [5.74, 6) is 1.20. The molecule has 0 amide bonds. The van der Waals surface area contributed by atoms with E-state index in [1.165, 1.54) is 0 Å². The summed E-state index contributed by atoms with van der Waals surface area (Å²) in [5.41, 5.74) is 3.02. The second-order valence-electron chi connectivity index (χ2n) is 7.35. The van der Waals surface area contributed by atoms with E-state index in [-0.39, 0.29) is 6.54 Å². The number of hydrogen-bond acceptors (Lipinski definition) is 7. The lowest BCUT2D eigenvalue weighted by Gasteiger charge is -2.30. The van der Waals surface area contributed by atoms with Crippen LogP contribution in [0.1, 0.15) is 11.1 Å². The summed E-state index contributed by atoms with van der Waals surface area (Å²) in [6, 6.07) is 11.0. The van der Waals surface area contributed by atoms with Gasteiger partial charge in [-0.3, -0.25) is 9.67 Å². The van der Waals surface area contributed by atoms with Gasteiger partial charge in [-0.15, -0.1) is 0 Å². The van der Waals surface area contributed by atoms with Crippen LogP contribution in [0.25, 0.3) is 22.3 Å². The Hall–Kier alpha value is -3.49. The predicted molar refractivity (Wildman–Crippen MR) is 118 cm³/mol. The molecule has 0 spiro atoms. The van der Waals surface area contributed by atoms with Crippen molar-refractivity contribution in [1.29, 1.82) is 0 Å². The molecule has 8 heteroatoms. The Balaban J connectivity index is 1.85. The van der Waals surface area contributed by atoms with E-state index in [0.29, 0.717) is 28.1 Å². The van der Waals surface area contributed by atoms with Gasteiger partial charge in [-0.25, -0.2) is 4.98 Å². The fraction of sp³-hybridized carbons (Fsp3) is 0.261. The molecule has 2 aromatic heterocycles. The minimum Gasteiger partial charge on any atom is -0.497 e. The molecule has 0 bridgehead atoms. The summed E-state index contributed by atoms with van der Waals surface area (Å²) in [7, 11) is 6.82. The first kappa shape index (κ1) is 20.8. The molecule has 0 aliphatic heterocycles. The van der Waals surface area contributed by atoms with Crippen LogP contribution in [0.4, 0.5) is 0 Å². The van der Waals surface area contributed by atoms with Crippen LogP contribution in [0.2, 0.25) is 0 Å². The predicted octanol–water partition coefficient (Wildman–Crippen LogP) is 2.50. The number of methoxy groups -OCH3 is 2. The Labute approximate surface area is 180 Å². The maximum atomic E-state index is 11.8. The van der Waals surface area contributed by atoms with Crippen molar-refractivity contribution in [2.45, 2.75) is 5.60 Å². The average molecular weight is 419 g/mol. The lowest BCUT2D eigenvalue weighted by atomic mass is 9.85. The van der Waals surface area contributed by atoms with Gasteiger partial charge in [0.05, 0.1) is 43.3 Å². The molecule has 160 valence electrons. The molecule has 1 atom stereocenters. The van der Waals surface area contributed by atoms with E-state index in [0.717, 1.165) is 16.8 Å². The number of aromatic nitrogens is 4. The maximum absolute atomic E-state index is 11.8. The summed E-state index contributed by atoms with van der Waals surface area (Å²) in [4.78, 5) is 9.28. The van der Waals surface area contributed by atoms with Gasteiger partial charge >= 0.3 is 0 Å². The normalized spacial score (nSPS) is 13.2. The van der Waals surface area contributed by atoms with Gasteiger partial charge in [0.25, 0.3) is 0 Å². The van der Waals surface area contributed by atoms with E-state index in [1.54, 1.807) is 44.4 Å². The standard InChI is InChI=1S/C23H25N5O3/c1-24-14-23(29,17-7-18(30-3)10-19(8-17)31-4)16-5-6-20-21(9-16)27-22(12-25-20)15-11-26-28(2)13-15/h5-13,24,29H,14H2,1-4H3. The van der Waals surface area contributed by atoms with Crippen LogP contribution in [-0.4, -0.2) is 52.7 Å². The molecule has 4 aromatic rings. The Kier molecular flexibility index (Phi) is 5.58. The fourth-order valence-electron chi connectivity index (χ4n) is 3.63. The number of hydrogen-bond donors (Lipinski definition) is 2. The lowest BCUT2D eigenvalue weighted by Crippen LogP contribution is -2.37. The average Bonchev–Trinajstić information content (AvgIpc) is 3.24. The molecule has 0 radical (unpaired) electrons. The summed E-state index contributed by atoms with van der Waals surface area (Å²) in [6.07, 6.45) is 5.37. The number of benzene rings is 2. The van der Waals surface area contributed by atoms with Crippen LogP contribution in [0.5, 0.6) is 11.5 Å². The molecule has 0 aliphatic carbocycles. The zero-order valence-electron chi connectivity index (χ0n) is 18.0. The number of likely N-dealkylation sites (N-methyl/N-ethyl adjacent to an activating group) is 1. The third-order valence-corrected chi connectivity index (χ3v) is 5.28. The van der Waals surface area contributed by atoms with E-state index >= 15 is 0 Å². The van der Waals surface area contributed by atoms with Crippen molar-refractivity contribution in [3.05, 3.63) is 66.1 Å². The SMILES string of the molecule is CNCC(O)(c1cc(OC)cc(OC)c1)c1ccc2ncc(-c3cnn(C)c3)nc2c1. The minimum absolute atomic E-state index is 0.282. The number of ether oxygens (including phenoxy) is 2. The van der Waals surface area contributed by atoms with Gasteiger partial charge in [0.15, 0.2) is 0 Å². The first-order valence-electron chi connectivity index (χ1n) is 9.83. The Morgan fingerprint density at radius 3 is 2.35 bits per heavy atom. The number of aliphatic hydroxyl groups is 1. The van der Waals surface area contributed by atoms with Crippen LogP contribution < -0.4 is 14.8 Å². The van der Waals surface area contributed by atoms with Crippen molar-refractivity contribution in [3.63, 3.8) is 0 Å². The molecule has 0 saturated heterocycles. The van der Waals surface area contributed by atoms with E-state index < -0.39 is 5.60 Å². The summed E-state index contributed by atoms with van der Waals surface area (Å²) in [5, 5.41) is 19.1. The van der Waals surface area contributed by atoms with Gasteiger partial charge < -0.3 is 19.9 Å². The number of aryl methyl sites for hydroxylation is 1. The smallest absolute Gasteiger partial charge is 0.127 e. The molecule has 0 fully saturated rings. The highest BCUT2D eigenvalue weighted by Crippen LogP contribution is 2.35. The number of rotatable bonds is 7. The van der Waals surface area contributed by atoms with Crippen molar-refractivity contribution < 1.29 is 14.6 Å². The molecule has 0 saturated carbocycles. The summed E-state index contributed by atoms with van der Waals surface area (Å²) >= 11 is 0. The largest absolute Gasteiger partial charge is 0.497 e. The highest BCUT2D eigenvalue weighted by Gasteiger charge is 2.32. The van der Waals surface area contributed by atoms with Crippen LogP contribution in [0.15, 0.2) is 55.0 Å². The van der Waals surface area contributed by atoms with Crippen molar-refractivity contribution in [2.24, 2.45) is 7.05 Å². The first-order valence-corrected chi connectivity index (χ1v) is 9.83. The number of nitrogens with one attached hydrogen (secondary N) is 1. The molecule has 2 aromatic carbocycles. The fourth-order valence-corrected chi connectivity index (χ4v) is 3.63. The molecule has 2 heterocycles. The minimum atomic E-state index is -1.34. The van der Waals surface area contributed by atoms with Crippen molar-refractivity contribution in [2.75, 3.05) is 27.8 Å². The van der Waals surface area contributed by atoms with E-state index in [9.17, 15) is 5.11 Å². The topological polar surface area (TPSA) is 94.3 Å². The quantitative estimate of drug-likeness (QED) is 0.475. The van der Waals surface area contributed by atoms with E-state index in [4.69, 9.17) is 14.5 Å². The monoisotopic (exact) mass is 419 g/mol. The van der Waals surface area contributed by atoms with Gasteiger partial charge in [-0.1, -0.05) is 6.07 Å². The number of fused-ring (bicyclic) bond motifs is 1. The van der Waals surface area contributed by atoms with Crippen LogP contribution in [0, 0.1) is 0 Å². The Bertz CT molecular complexity index is 1200. The van der Waals surface area contributed by atoms with E-state index in [2.05, 4.69) is 15.4 Å². The maximum Gasteiger partial charge on any atom is 0.127 e. The second kappa shape index (κ2) is 8.33. The molecule has 0 aliphatic rings. The van der Waals surface area contributed by atoms with Crippen LogP contribution in [0.3, 0.4) is 0 Å². The van der Waals surface area contributed by atoms with Gasteiger partial charge in [0.1, 0.15) is 17.1 Å². The molecule has 2 N–H and O–H groups in total. The molecule has 4 rings (SSSR count). The zero-order valence-corrected chi connectivity index (χ0v) is 18.0. The van der Waals surface area contributed by atoms with Crippen molar-refractivity contribution >= 4 is 11.0 Å². The molecule has 31 heavy (non-hydrogen) atoms. The first-order chi connectivity index (χ1) is 15.0. The molecular weight excluding hydrogens is 394 g/mol.